The molecule has 11 heavy (non-hydrogen) atoms. The van der Waals surface area contributed by atoms with Gasteiger partial charge in [0.15, 0.2) is 0 Å². The van der Waals surface area contributed by atoms with Crippen molar-refractivity contribution in [2.75, 3.05) is 0 Å². The number of carbonyl (C=O) groups excluding carboxylic acids is 2. The number of rotatable bonds is 1. The molecule has 4 heteroatoms. The van der Waals surface area contributed by atoms with Crippen LogP contribution in [0.4, 0.5) is 0 Å². The maximum atomic E-state index is 9.25. The lowest BCUT2D eigenvalue weighted by molar-refractivity contribution is -0.191. The molecule has 0 amide bonds. The summed E-state index contributed by atoms with van der Waals surface area (Å²) < 4.78 is 0. The highest BCUT2D eigenvalue weighted by atomic mass is 16.4. The largest absolute Gasteiger partial charge is 0.478 e. The Balaban J connectivity index is -0.0000000360. The average molecular weight is 162 g/mol. The molecule has 0 fully saturated rings. The SMILES string of the molecule is C.C=CC(=O)O.CC.O=C=O. The van der Waals surface area contributed by atoms with E-state index in [1.807, 2.05) is 13.8 Å². The van der Waals surface area contributed by atoms with Crippen molar-refractivity contribution in [2.45, 2.75) is 21.3 Å². The lowest BCUT2D eigenvalue weighted by atomic mass is 10.7. The van der Waals surface area contributed by atoms with E-state index in [-0.39, 0.29) is 13.6 Å². The lowest BCUT2D eigenvalue weighted by Gasteiger charge is -1.64. The summed E-state index contributed by atoms with van der Waals surface area (Å²) in [4.78, 5) is 25.5. The Bertz CT molecular complexity index is 112. The van der Waals surface area contributed by atoms with E-state index in [0.29, 0.717) is 0 Å². The molecule has 0 saturated carbocycles. The lowest BCUT2D eigenvalue weighted by Crippen LogP contribution is -1.82. The second-order valence-electron chi connectivity index (χ2n) is 0.626. The standard InChI is InChI=1S/C3H4O2.C2H6.CO2.CH4/c1-2-3(4)5;1-2;2-1-3;/h2H,1H2,(H,4,5);1-2H3;;1H4. The summed E-state index contributed by atoms with van der Waals surface area (Å²) in [5.41, 5.74) is 0. The van der Waals surface area contributed by atoms with Crippen LogP contribution in [0.3, 0.4) is 0 Å². The number of hydrogen-bond acceptors (Lipinski definition) is 3. The zero-order valence-electron chi connectivity index (χ0n) is 5.96. The highest BCUT2D eigenvalue weighted by Crippen LogP contribution is 1.54. The fourth-order valence-corrected chi connectivity index (χ4v) is 0. The maximum Gasteiger partial charge on any atom is 0.373 e. The van der Waals surface area contributed by atoms with E-state index < -0.39 is 5.97 Å². The predicted molar refractivity (Wildman–Crippen MR) is 40.9 cm³/mol. The molecule has 0 rings (SSSR count). The molecule has 0 aromatic rings. The van der Waals surface area contributed by atoms with Crippen LogP contribution in [0.2, 0.25) is 0 Å². The number of carboxylic acid groups (broad SMARTS) is 1. The Morgan fingerprint density at radius 2 is 1.55 bits per heavy atom. The summed E-state index contributed by atoms with van der Waals surface area (Å²) in [6.07, 6.45) is 1.08. The number of carboxylic acids is 1. The summed E-state index contributed by atoms with van der Waals surface area (Å²) in [5, 5.41) is 7.60. The molecule has 0 radical (unpaired) electrons. The minimum Gasteiger partial charge on any atom is -0.478 e. The Morgan fingerprint density at radius 3 is 1.55 bits per heavy atom. The van der Waals surface area contributed by atoms with Gasteiger partial charge < -0.3 is 5.11 Å². The molecule has 0 unspecified atom stereocenters. The molecule has 0 aliphatic heterocycles. The van der Waals surface area contributed by atoms with Gasteiger partial charge in [-0.3, -0.25) is 0 Å². The van der Waals surface area contributed by atoms with Crippen LogP contribution < -0.4 is 0 Å². The summed E-state index contributed by atoms with van der Waals surface area (Å²) >= 11 is 0. The fraction of sp³-hybridized carbons (Fsp3) is 0.429. The number of carbonyl (C=O) groups is 1. The van der Waals surface area contributed by atoms with Gasteiger partial charge in [0.05, 0.1) is 0 Å². The molecule has 4 nitrogen and oxygen atoms in total. The molecular weight excluding hydrogens is 148 g/mol. The molecule has 0 spiro atoms. The third kappa shape index (κ3) is 1070. The molecule has 0 heterocycles. The molecule has 0 bridgehead atoms. The quantitative estimate of drug-likeness (QED) is 0.590. The molecular formula is C7H14O4. The van der Waals surface area contributed by atoms with Crippen molar-refractivity contribution in [3.05, 3.63) is 12.7 Å². The van der Waals surface area contributed by atoms with Gasteiger partial charge in [0.25, 0.3) is 0 Å². The molecule has 0 aliphatic rings. The number of aliphatic carboxylic acids is 1. The normalized spacial score (nSPS) is 4.18. The second-order valence-corrected chi connectivity index (χ2v) is 0.626. The van der Waals surface area contributed by atoms with Crippen molar-refractivity contribution in [1.29, 1.82) is 0 Å². The minimum atomic E-state index is -0.981. The number of hydrogen-bond donors (Lipinski definition) is 1. The highest BCUT2D eigenvalue weighted by Gasteiger charge is 1.73. The average Bonchev–Trinajstić information content (AvgIpc) is 1.94. The van der Waals surface area contributed by atoms with Crippen molar-refractivity contribution in [3.63, 3.8) is 0 Å². The first-order valence-corrected chi connectivity index (χ1v) is 2.53. The van der Waals surface area contributed by atoms with Gasteiger partial charge in [0.1, 0.15) is 0 Å². The summed E-state index contributed by atoms with van der Waals surface area (Å²) in [6, 6.07) is 0. The van der Waals surface area contributed by atoms with E-state index in [0.717, 1.165) is 6.08 Å². The monoisotopic (exact) mass is 162 g/mol. The minimum absolute atomic E-state index is 0. The van der Waals surface area contributed by atoms with Crippen LogP contribution in [0.5, 0.6) is 0 Å². The summed E-state index contributed by atoms with van der Waals surface area (Å²) in [5.74, 6) is -0.981. The van der Waals surface area contributed by atoms with Crippen molar-refractivity contribution < 1.29 is 19.5 Å². The van der Waals surface area contributed by atoms with Crippen LogP contribution in [0, 0.1) is 0 Å². The maximum absolute atomic E-state index is 9.25. The van der Waals surface area contributed by atoms with Crippen molar-refractivity contribution in [1.82, 2.24) is 0 Å². The zero-order chi connectivity index (χ0) is 8.99. The second kappa shape index (κ2) is 38.4. The zero-order valence-corrected chi connectivity index (χ0v) is 5.96. The predicted octanol–water partition coefficient (Wildman–Crippen LogP) is 1.34. The first-order valence-electron chi connectivity index (χ1n) is 2.53. The van der Waals surface area contributed by atoms with Crippen molar-refractivity contribution in [3.8, 4) is 0 Å². The van der Waals surface area contributed by atoms with Gasteiger partial charge in [-0.05, 0) is 0 Å². The van der Waals surface area contributed by atoms with Crippen LogP contribution >= 0.6 is 0 Å². The Morgan fingerprint density at radius 1 is 1.45 bits per heavy atom. The van der Waals surface area contributed by atoms with E-state index in [4.69, 9.17) is 14.7 Å². The molecule has 0 aliphatic carbocycles. The van der Waals surface area contributed by atoms with Crippen LogP contribution in [-0.2, 0) is 14.4 Å². The van der Waals surface area contributed by atoms with E-state index in [1.165, 1.54) is 0 Å². The van der Waals surface area contributed by atoms with E-state index in [1.54, 1.807) is 0 Å². The Kier molecular flexibility index (Phi) is 79.0. The van der Waals surface area contributed by atoms with Crippen LogP contribution in [0.25, 0.3) is 0 Å². The van der Waals surface area contributed by atoms with E-state index >= 15 is 0 Å². The molecule has 1 N–H and O–H groups in total. The van der Waals surface area contributed by atoms with Gasteiger partial charge in [0.2, 0.25) is 0 Å². The smallest absolute Gasteiger partial charge is 0.373 e. The molecule has 0 aromatic carbocycles. The van der Waals surface area contributed by atoms with Crippen molar-refractivity contribution in [2.24, 2.45) is 0 Å². The van der Waals surface area contributed by atoms with Gasteiger partial charge >= 0.3 is 12.1 Å². The molecule has 0 atom stereocenters. The van der Waals surface area contributed by atoms with Gasteiger partial charge in [-0.1, -0.05) is 27.9 Å². The summed E-state index contributed by atoms with van der Waals surface area (Å²) in [7, 11) is 0. The Labute approximate surface area is 66.5 Å². The van der Waals surface area contributed by atoms with Gasteiger partial charge in [0, 0.05) is 6.08 Å². The highest BCUT2D eigenvalue weighted by molar-refractivity contribution is 5.78. The van der Waals surface area contributed by atoms with Gasteiger partial charge in [-0.2, -0.15) is 9.59 Å². The fourth-order valence-electron chi connectivity index (χ4n) is 0. The molecule has 0 aromatic heterocycles. The van der Waals surface area contributed by atoms with Crippen LogP contribution in [0.1, 0.15) is 21.3 Å². The van der Waals surface area contributed by atoms with E-state index in [9.17, 15) is 4.79 Å². The molecule has 0 saturated heterocycles. The third-order valence-corrected chi connectivity index (χ3v) is 0.175. The Hall–Kier alpha value is -1.41. The van der Waals surface area contributed by atoms with Gasteiger partial charge in [-0.15, -0.1) is 0 Å². The summed E-state index contributed by atoms with van der Waals surface area (Å²) in [6.45, 7) is 6.96. The molecule has 66 valence electrons. The topological polar surface area (TPSA) is 71.4 Å². The van der Waals surface area contributed by atoms with Crippen LogP contribution in [0.15, 0.2) is 12.7 Å². The van der Waals surface area contributed by atoms with Crippen molar-refractivity contribution >= 4 is 12.1 Å². The van der Waals surface area contributed by atoms with Crippen LogP contribution in [-0.4, -0.2) is 17.2 Å². The first kappa shape index (κ1) is 22.6. The van der Waals surface area contributed by atoms with E-state index in [2.05, 4.69) is 6.58 Å². The van der Waals surface area contributed by atoms with Gasteiger partial charge in [-0.25, -0.2) is 4.79 Å². The third-order valence-electron chi connectivity index (χ3n) is 0.175. The first-order chi connectivity index (χ1) is 4.68.